The molecule has 0 fully saturated rings. The summed E-state index contributed by atoms with van der Waals surface area (Å²) in [7, 11) is 0. The van der Waals surface area contributed by atoms with Gasteiger partial charge in [-0.05, 0) is 82.9 Å². The lowest BCUT2D eigenvalue weighted by Crippen LogP contribution is -2.38. The molecule has 10 heteroatoms. The molecule has 0 unspecified atom stereocenters. The number of halogens is 3. The molecule has 7 nitrogen and oxygen atoms in total. The number of aromatic nitrogens is 2. The van der Waals surface area contributed by atoms with Gasteiger partial charge in [0.15, 0.2) is 0 Å². The lowest BCUT2D eigenvalue weighted by Gasteiger charge is -2.26. The molecule has 1 aliphatic heterocycles. The van der Waals surface area contributed by atoms with Crippen LogP contribution in [0.15, 0.2) is 40.9 Å². The van der Waals surface area contributed by atoms with E-state index in [9.17, 15) is 18.0 Å². The summed E-state index contributed by atoms with van der Waals surface area (Å²) in [4.78, 5) is 18.5. The number of rotatable bonds is 4. The second-order valence-electron chi connectivity index (χ2n) is 10.2. The lowest BCUT2D eigenvalue weighted by molar-refractivity contribution is -0.139. The van der Waals surface area contributed by atoms with E-state index in [-0.39, 0.29) is 29.1 Å². The molecule has 2 heterocycles. The smallest absolute Gasteiger partial charge is 0.419 e. The number of hydrogen-bond acceptors (Lipinski definition) is 6. The van der Waals surface area contributed by atoms with E-state index in [1.807, 2.05) is 39.0 Å². The number of carbonyl (C=O) groups is 1. The van der Waals surface area contributed by atoms with Gasteiger partial charge in [-0.25, -0.2) is 4.79 Å². The van der Waals surface area contributed by atoms with E-state index < -0.39 is 23.4 Å². The van der Waals surface area contributed by atoms with Crippen LogP contribution in [0.1, 0.15) is 51.3 Å². The molecule has 2 aromatic carbocycles. The second-order valence-corrected chi connectivity index (χ2v) is 10.2. The van der Waals surface area contributed by atoms with E-state index in [4.69, 9.17) is 14.0 Å². The number of carbonyl (C=O) groups excluding carboxylic acids is 1. The largest absolute Gasteiger partial charge is 0.490 e. The van der Waals surface area contributed by atoms with E-state index in [1.165, 1.54) is 12.1 Å². The first-order valence-electron chi connectivity index (χ1n) is 12.1. The minimum atomic E-state index is -4.60. The van der Waals surface area contributed by atoms with Crippen LogP contribution in [0.5, 0.6) is 5.75 Å². The summed E-state index contributed by atoms with van der Waals surface area (Å²) in [5.41, 5.74) is 1.50. The Morgan fingerprint density at radius 3 is 2.32 bits per heavy atom. The fraction of sp³-hybridized carbons (Fsp3) is 0.444. The Morgan fingerprint density at radius 1 is 1.00 bits per heavy atom. The summed E-state index contributed by atoms with van der Waals surface area (Å²) in [6, 6.07) is 9.42. The third-order valence-electron chi connectivity index (χ3n) is 5.74. The van der Waals surface area contributed by atoms with Crippen LogP contribution in [0.4, 0.5) is 18.0 Å². The maximum absolute atomic E-state index is 13.6. The van der Waals surface area contributed by atoms with E-state index in [2.05, 4.69) is 10.1 Å². The minimum absolute atomic E-state index is 0.0253. The first-order valence-corrected chi connectivity index (χ1v) is 12.1. The highest BCUT2D eigenvalue weighted by Gasteiger charge is 2.35. The Morgan fingerprint density at radius 2 is 1.68 bits per heavy atom. The Kier molecular flexibility index (Phi) is 7.21. The summed E-state index contributed by atoms with van der Waals surface area (Å²) in [6.07, 6.45) is -4.05. The molecule has 1 amide bonds. The molecule has 1 aromatic heterocycles. The van der Waals surface area contributed by atoms with E-state index in [0.29, 0.717) is 31.5 Å². The number of nitrogens with zero attached hydrogens (tertiary/aromatic N) is 3. The predicted molar refractivity (Wildman–Crippen MR) is 131 cm³/mol. The molecular formula is C27H30F3N3O4. The normalized spacial score (nSPS) is 14.4. The monoisotopic (exact) mass is 517 g/mol. The third kappa shape index (κ3) is 6.42. The van der Waals surface area contributed by atoms with E-state index >= 15 is 0 Å². The summed E-state index contributed by atoms with van der Waals surface area (Å²) in [6.45, 7) is 9.88. The van der Waals surface area contributed by atoms with Crippen molar-refractivity contribution >= 4 is 6.09 Å². The van der Waals surface area contributed by atoms with Gasteiger partial charge in [-0.1, -0.05) is 17.3 Å². The SMILES string of the molecule is CC(C)Oc1ccc(-c2nc(-c3ccc4c(c3)CCN(C(=O)OC(C)(C)C)CC4)no2)cc1C(F)(F)F. The number of amides is 1. The Labute approximate surface area is 213 Å². The van der Waals surface area contributed by atoms with Crippen molar-refractivity contribution in [1.82, 2.24) is 15.0 Å². The van der Waals surface area contributed by atoms with Gasteiger partial charge in [0.25, 0.3) is 5.89 Å². The second kappa shape index (κ2) is 10.1. The fourth-order valence-corrected chi connectivity index (χ4v) is 4.07. The summed E-state index contributed by atoms with van der Waals surface area (Å²) in [5, 5.41) is 4.00. The predicted octanol–water partition coefficient (Wildman–Crippen LogP) is 6.55. The van der Waals surface area contributed by atoms with Crippen molar-refractivity contribution < 1.29 is 32.0 Å². The number of fused-ring (bicyclic) bond motifs is 1. The maximum atomic E-state index is 13.6. The number of hydrogen-bond donors (Lipinski definition) is 0. The van der Waals surface area contributed by atoms with Crippen molar-refractivity contribution in [3.63, 3.8) is 0 Å². The number of benzene rings is 2. The van der Waals surface area contributed by atoms with Gasteiger partial charge < -0.3 is 18.9 Å². The molecule has 3 aromatic rings. The van der Waals surface area contributed by atoms with Gasteiger partial charge in [-0.2, -0.15) is 18.2 Å². The van der Waals surface area contributed by atoms with Gasteiger partial charge in [-0.3, -0.25) is 0 Å². The first-order chi connectivity index (χ1) is 17.3. The summed E-state index contributed by atoms with van der Waals surface area (Å²) in [5.74, 6) is -0.0121. The lowest BCUT2D eigenvalue weighted by atomic mass is 10.00. The Hall–Kier alpha value is -3.56. The average molecular weight is 518 g/mol. The van der Waals surface area contributed by atoms with Crippen LogP contribution in [0.25, 0.3) is 22.8 Å². The standard InChI is InChI=1S/C27H30F3N3O4/c1-16(2)35-22-9-8-20(15-21(22)27(28,29)30)24-31-23(32-37-24)19-7-6-17-10-12-33(13-11-18(17)14-19)25(34)36-26(3,4)5/h6-9,14-16H,10-13H2,1-5H3. The van der Waals surface area contributed by atoms with E-state index in [0.717, 1.165) is 17.2 Å². The first kappa shape index (κ1) is 26.5. The molecule has 0 bridgehead atoms. The van der Waals surface area contributed by atoms with Gasteiger partial charge in [0.2, 0.25) is 5.82 Å². The van der Waals surface area contributed by atoms with Crippen LogP contribution >= 0.6 is 0 Å². The Bertz CT molecular complexity index is 1280. The summed E-state index contributed by atoms with van der Waals surface area (Å²) < 4.78 is 57.1. The molecule has 0 atom stereocenters. The highest BCUT2D eigenvalue weighted by Crippen LogP contribution is 2.39. The topological polar surface area (TPSA) is 77.7 Å². The average Bonchev–Trinajstić information content (AvgIpc) is 3.18. The van der Waals surface area contributed by atoms with Crippen LogP contribution in [0.2, 0.25) is 0 Å². The minimum Gasteiger partial charge on any atom is -0.490 e. The van der Waals surface area contributed by atoms with Gasteiger partial charge in [0.1, 0.15) is 11.4 Å². The third-order valence-corrected chi connectivity index (χ3v) is 5.74. The van der Waals surface area contributed by atoms with Crippen molar-refractivity contribution in [2.75, 3.05) is 13.1 Å². The molecule has 198 valence electrons. The quantitative estimate of drug-likeness (QED) is 0.391. The van der Waals surface area contributed by atoms with Gasteiger partial charge >= 0.3 is 12.3 Å². The highest BCUT2D eigenvalue weighted by molar-refractivity contribution is 5.68. The molecule has 4 rings (SSSR count). The van der Waals surface area contributed by atoms with Crippen LogP contribution in [-0.4, -0.2) is 45.9 Å². The zero-order chi connectivity index (χ0) is 27.0. The van der Waals surface area contributed by atoms with Crippen molar-refractivity contribution in [1.29, 1.82) is 0 Å². The van der Waals surface area contributed by atoms with Crippen LogP contribution < -0.4 is 4.74 Å². The van der Waals surface area contributed by atoms with Gasteiger partial charge in [0, 0.05) is 24.2 Å². The van der Waals surface area contributed by atoms with Crippen molar-refractivity contribution in [2.24, 2.45) is 0 Å². The Balaban J connectivity index is 1.55. The van der Waals surface area contributed by atoms with Crippen molar-refractivity contribution in [2.45, 2.75) is 65.3 Å². The zero-order valence-electron chi connectivity index (χ0n) is 21.5. The molecule has 0 spiro atoms. The van der Waals surface area contributed by atoms with Crippen molar-refractivity contribution in [3.05, 3.63) is 53.1 Å². The molecule has 37 heavy (non-hydrogen) atoms. The van der Waals surface area contributed by atoms with E-state index in [1.54, 1.807) is 18.7 Å². The number of alkyl halides is 3. The van der Waals surface area contributed by atoms with Gasteiger partial charge in [-0.15, -0.1) is 0 Å². The molecule has 1 aliphatic rings. The number of ether oxygens (including phenoxy) is 2. The molecular weight excluding hydrogens is 487 g/mol. The molecule has 0 radical (unpaired) electrons. The summed E-state index contributed by atoms with van der Waals surface area (Å²) >= 11 is 0. The van der Waals surface area contributed by atoms with Gasteiger partial charge in [0.05, 0.1) is 11.7 Å². The zero-order valence-corrected chi connectivity index (χ0v) is 21.5. The maximum Gasteiger partial charge on any atom is 0.419 e. The molecule has 0 aliphatic carbocycles. The molecule has 0 N–H and O–H groups in total. The molecule has 0 saturated heterocycles. The fourth-order valence-electron chi connectivity index (χ4n) is 4.07. The van der Waals surface area contributed by atoms with Crippen LogP contribution in [-0.2, 0) is 23.8 Å². The molecule has 0 saturated carbocycles. The van der Waals surface area contributed by atoms with Crippen molar-refractivity contribution in [3.8, 4) is 28.6 Å². The van der Waals surface area contributed by atoms with Crippen LogP contribution in [0.3, 0.4) is 0 Å². The highest BCUT2D eigenvalue weighted by atomic mass is 19.4. The van der Waals surface area contributed by atoms with Crippen LogP contribution in [0, 0.1) is 0 Å².